The van der Waals surface area contributed by atoms with Crippen molar-refractivity contribution in [2.45, 2.75) is 50.8 Å². The van der Waals surface area contributed by atoms with Crippen LogP contribution in [0.1, 0.15) is 40.0 Å². The smallest absolute Gasteiger partial charge is 0.242 e. The Bertz CT molecular complexity index is 238. The largest absolute Gasteiger partial charge is 0.340 e. The van der Waals surface area contributed by atoms with Gasteiger partial charge in [0.25, 0.3) is 0 Å². The highest BCUT2D eigenvalue weighted by Crippen LogP contribution is 2.23. The van der Waals surface area contributed by atoms with E-state index in [1.165, 1.54) is 12.8 Å². The summed E-state index contributed by atoms with van der Waals surface area (Å²) < 4.78 is 0. The minimum absolute atomic E-state index is 0.0936. The Kier molecular flexibility index (Phi) is 5.12. The van der Waals surface area contributed by atoms with Gasteiger partial charge in [0.15, 0.2) is 0 Å². The van der Waals surface area contributed by atoms with Crippen molar-refractivity contribution in [3.63, 3.8) is 0 Å². The summed E-state index contributed by atoms with van der Waals surface area (Å²) in [6, 6.07) is 0. The molecule has 0 radical (unpaired) electrons. The van der Waals surface area contributed by atoms with Crippen molar-refractivity contribution in [2.75, 3.05) is 18.8 Å². The molecule has 1 aliphatic rings. The molecule has 3 nitrogen and oxygen atoms in total. The number of thioether (sulfide) groups is 1. The number of amides is 1. The molecule has 1 aliphatic heterocycles. The predicted molar refractivity (Wildman–Crippen MR) is 70.6 cm³/mol. The Balaban J connectivity index is 2.61. The minimum atomic E-state index is -0.730. The average Bonchev–Trinajstić information content (AvgIpc) is 2.41. The van der Waals surface area contributed by atoms with Crippen LogP contribution in [0.25, 0.3) is 0 Å². The number of likely N-dealkylation sites (tertiary alicyclic amines) is 1. The fraction of sp³-hybridized carbons (Fsp3) is 0.917. The van der Waals surface area contributed by atoms with Gasteiger partial charge in [0.1, 0.15) is 0 Å². The molecule has 16 heavy (non-hydrogen) atoms. The molecule has 0 spiro atoms. The van der Waals surface area contributed by atoms with Crippen molar-refractivity contribution < 1.29 is 4.79 Å². The second kappa shape index (κ2) is 5.92. The van der Waals surface area contributed by atoms with Crippen LogP contribution in [-0.4, -0.2) is 40.4 Å². The molecule has 2 N–H and O–H groups in total. The summed E-state index contributed by atoms with van der Waals surface area (Å²) in [5.41, 5.74) is 5.15. The third-order valence-corrected chi connectivity index (χ3v) is 4.06. The van der Waals surface area contributed by atoms with E-state index < -0.39 is 5.54 Å². The van der Waals surface area contributed by atoms with E-state index in [9.17, 15) is 4.79 Å². The third kappa shape index (κ3) is 3.98. The summed E-state index contributed by atoms with van der Waals surface area (Å²) in [7, 11) is 0. The lowest BCUT2D eigenvalue weighted by Gasteiger charge is -2.30. The van der Waals surface area contributed by atoms with Crippen molar-refractivity contribution in [1.29, 1.82) is 0 Å². The summed E-state index contributed by atoms with van der Waals surface area (Å²) in [6.45, 7) is 7.51. The minimum Gasteiger partial charge on any atom is -0.340 e. The first kappa shape index (κ1) is 13.8. The quantitative estimate of drug-likeness (QED) is 0.824. The summed E-state index contributed by atoms with van der Waals surface area (Å²) in [5, 5.41) is 0.596. The molecule has 0 aromatic heterocycles. The van der Waals surface area contributed by atoms with Gasteiger partial charge in [-0.3, -0.25) is 4.79 Å². The van der Waals surface area contributed by atoms with Crippen molar-refractivity contribution in [2.24, 2.45) is 5.73 Å². The molecule has 0 aromatic carbocycles. The van der Waals surface area contributed by atoms with Crippen LogP contribution >= 0.6 is 11.8 Å². The first-order valence-corrected chi connectivity index (χ1v) is 7.20. The number of carbonyl (C=O) groups excluding carboxylic acids is 1. The molecule has 1 fully saturated rings. The monoisotopic (exact) mass is 244 g/mol. The highest BCUT2D eigenvalue weighted by atomic mass is 32.2. The second-order valence-corrected chi connectivity index (χ2v) is 6.62. The molecule has 1 rings (SSSR count). The summed E-state index contributed by atoms with van der Waals surface area (Å²) in [6.07, 6.45) is 3.57. The number of nitrogens with zero attached hydrogens (tertiary/aromatic N) is 1. The second-order valence-electron chi connectivity index (χ2n) is 5.05. The number of hydrogen-bond acceptors (Lipinski definition) is 3. The maximum Gasteiger partial charge on any atom is 0.242 e. The van der Waals surface area contributed by atoms with Crippen molar-refractivity contribution >= 4 is 17.7 Å². The number of nitrogens with two attached hydrogens (primary N) is 1. The Labute approximate surface area is 103 Å². The molecule has 0 bridgehead atoms. The van der Waals surface area contributed by atoms with Gasteiger partial charge in [0.05, 0.1) is 5.54 Å². The fourth-order valence-electron chi connectivity index (χ4n) is 2.07. The third-order valence-electron chi connectivity index (χ3n) is 2.87. The maximum atomic E-state index is 12.1. The molecule has 1 unspecified atom stereocenters. The molecular weight excluding hydrogens is 220 g/mol. The van der Waals surface area contributed by atoms with Crippen LogP contribution in [-0.2, 0) is 4.79 Å². The molecule has 0 aromatic rings. The van der Waals surface area contributed by atoms with E-state index in [0.717, 1.165) is 25.3 Å². The van der Waals surface area contributed by atoms with Crippen LogP contribution in [0.4, 0.5) is 0 Å². The Morgan fingerprint density at radius 1 is 1.50 bits per heavy atom. The van der Waals surface area contributed by atoms with E-state index in [1.807, 2.05) is 16.7 Å². The molecule has 1 atom stereocenters. The first-order valence-electron chi connectivity index (χ1n) is 6.15. The van der Waals surface area contributed by atoms with Gasteiger partial charge in [-0.1, -0.05) is 13.3 Å². The number of hydrogen-bond donors (Lipinski definition) is 1. The van der Waals surface area contributed by atoms with E-state index >= 15 is 0 Å². The van der Waals surface area contributed by atoms with E-state index in [1.54, 1.807) is 13.8 Å². The van der Waals surface area contributed by atoms with E-state index in [0.29, 0.717) is 5.25 Å². The van der Waals surface area contributed by atoms with Crippen LogP contribution in [0.15, 0.2) is 0 Å². The Hall–Kier alpha value is -0.220. The zero-order valence-electron chi connectivity index (χ0n) is 10.7. The summed E-state index contributed by atoms with van der Waals surface area (Å²) in [5.74, 6) is 1.22. The van der Waals surface area contributed by atoms with E-state index in [-0.39, 0.29) is 5.91 Å². The lowest BCUT2D eigenvalue weighted by Crippen LogP contribution is -2.52. The maximum absolute atomic E-state index is 12.1. The molecule has 0 saturated carbocycles. The van der Waals surface area contributed by atoms with Crippen LogP contribution in [0, 0.1) is 0 Å². The van der Waals surface area contributed by atoms with Crippen molar-refractivity contribution in [1.82, 2.24) is 4.90 Å². The Morgan fingerprint density at radius 2 is 2.19 bits per heavy atom. The van der Waals surface area contributed by atoms with Gasteiger partial charge in [-0.05, 0) is 32.4 Å². The van der Waals surface area contributed by atoms with Gasteiger partial charge in [-0.15, -0.1) is 0 Å². The number of rotatable bonds is 3. The summed E-state index contributed by atoms with van der Waals surface area (Å²) >= 11 is 1.96. The van der Waals surface area contributed by atoms with Crippen molar-refractivity contribution in [3.8, 4) is 0 Å². The molecule has 1 amide bonds. The highest BCUT2D eigenvalue weighted by molar-refractivity contribution is 7.99. The van der Waals surface area contributed by atoms with E-state index in [2.05, 4.69) is 6.92 Å². The zero-order valence-corrected chi connectivity index (χ0v) is 11.5. The predicted octanol–water partition coefficient (Wildman–Crippen LogP) is 1.86. The highest BCUT2D eigenvalue weighted by Gasteiger charge is 2.30. The standard InChI is InChI=1S/C12H24N2OS/c1-4-16-10-7-5-6-8-14(9-10)11(15)12(2,3)13/h10H,4-9,13H2,1-3H3. The van der Waals surface area contributed by atoms with Gasteiger partial charge in [-0.2, -0.15) is 11.8 Å². The van der Waals surface area contributed by atoms with Crippen LogP contribution in [0.2, 0.25) is 0 Å². The molecule has 0 aliphatic carbocycles. The first-order chi connectivity index (χ1) is 7.45. The van der Waals surface area contributed by atoms with Gasteiger partial charge in [-0.25, -0.2) is 0 Å². The van der Waals surface area contributed by atoms with Crippen LogP contribution in [0.3, 0.4) is 0 Å². The SMILES string of the molecule is CCSC1CCCCN(C(=O)C(C)(C)N)C1. The van der Waals surface area contributed by atoms with Crippen molar-refractivity contribution in [3.05, 3.63) is 0 Å². The average molecular weight is 244 g/mol. The number of carbonyl (C=O) groups is 1. The normalized spacial score (nSPS) is 23.0. The van der Waals surface area contributed by atoms with Gasteiger partial charge >= 0.3 is 0 Å². The van der Waals surface area contributed by atoms with Gasteiger partial charge < -0.3 is 10.6 Å². The molecular formula is C12H24N2OS. The van der Waals surface area contributed by atoms with E-state index in [4.69, 9.17) is 5.73 Å². The lowest BCUT2D eigenvalue weighted by atomic mass is 10.1. The lowest BCUT2D eigenvalue weighted by molar-refractivity contribution is -0.135. The summed E-state index contributed by atoms with van der Waals surface area (Å²) in [4.78, 5) is 14.1. The zero-order chi connectivity index (χ0) is 12.2. The topological polar surface area (TPSA) is 46.3 Å². The molecule has 94 valence electrons. The Morgan fingerprint density at radius 3 is 2.75 bits per heavy atom. The van der Waals surface area contributed by atoms with Crippen LogP contribution < -0.4 is 5.73 Å². The van der Waals surface area contributed by atoms with Crippen LogP contribution in [0.5, 0.6) is 0 Å². The molecule has 1 heterocycles. The molecule has 4 heteroatoms. The fourth-order valence-corrected chi connectivity index (χ4v) is 3.16. The molecule has 1 saturated heterocycles. The van der Waals surface area contributed by atoms with Gasteiger partial charge in [0, 0.05) is 18.3 Å². The van der Waals surface area contributed by atoms with Gasteiger partial charge in [0.2, 0.25) is 5.91 Å².